The van der Waals surface area contributed by atoms with Gasteiger partial charge in [-0.25, -0.2) is 0 Å². The zero-order valence-corrected chi connectivity index (χ0v) is 8.74. The van der Waals surface area contributed by atoms with Gasteiger partial charge in [-0.3, -0.25) is 0 Å². The van der Waals surface area contributed by atoms with E-state index in [-0.39, 0.29) is 0 Å². The van der Waals surface area contributed by atoms with E-state index in [0.29, 0.717) is 0 Å². The molecule has 0 atom stereocenters. The van der Waals surface area contributed by atoms with Crippen LogP contribution in [0, 0.1) is 0 Å². The first-order chi connectivity index (χ1) is 6.80. The number of hydrogen-bond donors (Lipinski definition) is 0. The Labute approximate surface area is 86.4 Å². The van der Waals surface area contributed by atoms with Gasteiger partial charge < -0.3 is 4.90 Å². The molecule has 0 amide bonds. The fourth-order valence-electron chi connectivity index (χ4n) is 1.29. The number of nitrogens with zero attached hydrogens (tertiary/aromatic N) is 1. The summed E-state index contributed by atoms with van der Waals surface area (Å²) in [6.45, 7) is 10.4. The molecule has 0 aliphatic heterocycles. The molecule has 14 heavy (non-hydrogen) atoms. The maximum absolute atomic E-state index is 3.72. The van der Waals surface area contributed by atoms with Crippen LogP contribution in [-0.4, -0.2) is 4.90 Å². The lowest BCUT2D eigenvalue weighted by molar-refractivity contribution is 0.504. The van der Waals surface area contributed by atoms with E-state index in [2.05, 4.69) is 44.3 Å². The number of benzene rings is 1. The topological polar surface area (TPSA) is 3.24 Å². The van der Waals surface area contributed by atoms with Gasteiger partial charge >= 0.3 is 0 Å². The predicted octanol–water partition coefficient (Wildman–Crippen LogP) is 3.34. The molecule has 0 saturated heterocycles. The minimum Gasteiger partial charge on any atom is -0.351 e. The van der Waals surface area contributed by atoms with E-state index in [1.165, 1.54) is 11.1 Å². The van der Waals surface area contributed by atoms with Crippen LogP contribution in [-0.2, 0) is 13.0 Å². The maximum Gasteiger partial charge on any atom is 0.0469 e. The molecule has 1 nitrogen and oxygen atoms in total. The molecule has 0 spiro atoms. The van der Waals surface area contributed by atoms with Crippen LogP contribution in [0.1, 0.15) is 18.1 Å². The van der Waals surface area contributed by atoms with Crippen molar-refractivity contribution in [1.29, 1.82) is 0 Å². The SMILES string of the molecule is C=CN(C=C)Cc1ccc(CC)cc1. The minimum atomic E-state index is 0.844. The number of aryl methyl sites for hydroxylation is 1. The van der Waals surface area contributed by atoms with Crippen molar-refractivity contribution < 1.29 is 0 Å². The quantitative estimate of drug-likeness (QED) is 0.683. The van der Waals surface area contributed by atoms with E-state index in [1.54, 1.807) is 12.4 Å². The average molecular weight is 187 g/mol. The highest BCUT2D eigenvalue weighted by Gasteiger charge is 1.96. The Bertz CT molecular complexity index is 290. The van der Waals surface area contributed by atoms with Crippen LogP contribution in [0.4, 0.5) is 0 Å². The van der Waals surface area contributed by atoms with Gasteiger partial charge in [0.1, 0.15) is 0 Å². The van der Waals surface area contributed by atoms with Crippen molar-refractivity contribution >= 4 is 0 Å². The molecule has 0 aromatic heterocycles. The van der Waals surface area contributed by atoms with Gasteiger partial charge in [0, 0.05) is 6.54 Å². The van der Waals surface area contributed by atoms with Crippen LogP contribution in [0.5, 0.6) is 0 Å². The number of rotatable bonds is 5. The van der Waals surface area contributed by atoms with Crippen molar-refractivity contribution in [3.05, 3.63) is 61.0 Å². The third kappa shape index (κ3) is 2.77. The van der Waals surface area contributed by atoms with Crippen molar-refractivity contribution in [1.82, 2.24) is 4.90 Å². The van der Waals surface area contributed by atoms with Crippen molar-refractivity contribution in [2.24, 2.45) is 0 Å². The predicted molar refractivity (Wildman–Crippen MR) is 61.8 cm³/mol. The van der Waals surface area contributed by atoms with Crippen LogP contribution in [0.15, 0.2) is 49.8 Å². The Morgan fingerprint density at radius 3 is 2.00 bits per heavy atom. The molecule has 74 valence electrons. The normalized spacial score (nSPS) is 9.50. The average Bonchev–Trinajstić information content (AvgIpc) is 2.26. The first-order valence-electron chi connectivity index (χ1n) is 4.88. The summed E-state index contributed by atoms with van der Waals surface area (Å²) in [5, 5.41) is 0. The first-order valence-corrected chi connectivity index (χ1v) is 4.88. The third-order valence-electron chi connectivity index (χ3n) is 2.27. The second kappa shape index (κ2) is 5.28. The monoisotopic (exact) mass is 187 g/mol. The molecular formula is C13H17N. The number of hydrogen-bond acceptors (Lipinski definition) is 1. The molecule has 0 heterocycles. The molecule has 0 radical (unpaired) electrons. The first kappa shape index (κ1) is 10.6. The van der Waals surface area contributed by atoms with Crippen molar-refractivity contribution in [3.63, 3.8) is 0 Å². The van der Waals surface area contributed by atoms with Crippen LogP contribution < -0.4 is 0 Å². The van der Waals surface area contributed by atoms with Crippen molar-refractivity contribution in [2.45, 2.75) is 19.9 Å². The Morgan fingerprint density at radius 2 is 1.57 bits per heavy atom. The Kier molecular flexibility index (Phi) is 3.99. The third-order valence-corrected chi connectivity index (χ3v) is 2.27. The molecule has 0 aliphatic rings. The van der Waals surface area contributed by atoms with Gasteiger partial charge in [0.2, 0.25) is 0 Å². The molecule has 1 heteroatoms. The fraction of sp³-hybridized carbons (Fsp3) is 0.231. The summed E-state index contributed by atoms with van der Waals surface area (Å²) in [7, 11) is 0. The van der Waals surface area contributed by atoms with Gasteiger partial charge in [-0.2, -0.15) is 0 Å². The molecule has 1 aromatic rings. The minimum absolute atomic E-state index is 0.844. The maximum atomic E-state index is 3.72. The molecule has 0 saturated carbocycles. The van der Waals surface area contributed by atoms with Gasteiger partial charge in [0.15, 0.2) is 0 Å². The summed E-state index contributed by atoms with van der Waals surface area (Å²) in [6.07, 6.45) is 4.65. The molecule has 0 N–H and O–H groups in total. The van der Waals surface area contributed by atoms with Gasteiger partial charge in [-0.05, 0) is 29.9 Å². The standard InChI is InChI=1S/C13H17N/c1-4-12-7-9-13(10-8-12)11-14(5-2)6-3/h5-10H,2-4,11H2,1H3. The molecule has 0 bridgehead atoms. The smallest absolute Gasteiger partial charge is 0.0469 e. The van der Waals surface area contributed by atoms with E-state index in [1.807, 2.05) is 4.90 Å². The Balaban J connectivity index is 2.67. The van der Waals surface area contributed by atoms with E-state index < -0.39 is 0 Å². The lowest BCUT2D eigenvalue weighted by Crippen LogP contribution is -2.07. The highest BCUT2D eigenvalue weighted by molar-refractivity contribution is 5.22. The van der Waals surface area contributed by atoms with Crippen LogP contribution in [0.3, 0.4) is 0 Å². The second-order valence-electron chi connectivity index (χ2n) is 3.21. The van der Waals surface area contributed by atoms with Crippen molar-refractivity contribution in [3.8, 4) is 0 Å². The lowest BCUT2D eigenvalue weighted by Gasteiger charge is -2.14. The fourth-order valence-corrected chi connectivity index (χ4v) is 1.29. The summed E-state index contributed by atoms with van der Waals surface area (Å²) in [6, 6.07) is 8.64. The Hall–Kier alpha value is -1.50. The van der Waals surface area contributed by atoms with E-state index in [4.69, 9.17) is 0 Å². The van der Waals surface area contributed by atoms with Crippen LogP contribution in [0.25, 0.3) is 0 Å². The molecular weight excluding hydrogens is 170 g/mol. The molecule has 0 fully saturated rings. The Morgan fingerprint density at radius 1 is 1.07 bits per heavy atom. The summed E-state index contributed by atoms with van der Waals surface area (Å²) >= 11 is 0. The second-order valence-corrected chi connectivity index (χ2v) is 3.21. The van der Waals surface area contributed by atoms with Crippen molar-refractivity contribution in [2.75, 3.05) is 0 Å². The summed E-state index contributed by atoms with van der Waals surface area (Å²) in [5.41, 5.74) is 2.65. The van der Waals surface area contributed by atoms with E-state index in [9.17, 15) is 0 Å². The molecule has 1 aromatic carbocycles. The molecule has 0 aliphatic carbocycles. The lowest BCUT2D eigenvalue weighted by atomic mass is 10.1. The van der Waals surface area contributed by atoms with Gasteiger partial charge in [0.05, 0.1) is 0 Å². The summed E-state index contributed by atoms with van der Waals surface area (Å²) in [4.78, 5) is 1.96. The van der Waals surface area contributed by atoms with Gasteiger partial charge in [0.25, 0.3) is 0 Å². The largest absolute Gasteiger partial charge is 0.351 e. The molecule has 0 unspecified atom stereocenters. The van der Waals surface area contributed by atoms with Gasteiger partial charge in [-0.15, -0.1) is 0 Å². The van der Waals surface area contributed by atoms with Crippen LogP contribution in [0.2, 0.25) is 0 Å². The molecule has 1 rings (SSSR count). The van der Waals surface area contributed by atoms with Crippen LogP contribution >= 0.6 is 0 Å². The van der Waals surface area contributed by atoms with E-state index >= 15 is 0 Å². The zero-order valence-electron chi connectivity index (χ0n) is 8.74. The van der Waals surface area contributed by atoms with Gasteiger partial charge in [-0.1, -0.05) is 44.3 Å². The summed E-state index contributed by atoms with van der Waals surface area (Å²) < 4.78 is 0. The zero-order chi connectivity index (χ0) is 10.4. The van der Waals surface area contributed by atoms with E-state index in [0.717, 1.165) is 13.0 Å². The highest BCUT2D eigenvalue weighted by atomic mass is 15.1. The summed E-state index contributed by atoms with van der Waals surface area (Å²) in [5.74, 6) is 0. The highest BCUT2D eigenvalue weighted by Crippen LogP contribution is 2.08.